The van der Waals surface area contributed by atoms with Crippen LogP contribution in [0.1, 0.15) is 20.8 Å². The molecule has 0 saturated heterocycles. The summed E-state index contributed by atoms with van der Waals surface area (Å²) in [5.41, 5.74) is 1.35. The molecule has 110 valence electrons. The highest BCUT2D eigenvalue weighted by Crippen LogP contribution is 2.34. The molecule has 7 heteroatoms. The molecule has 0 radical (unpaired) electrons. The van der Waals surface area contributed by atoms with Gasteiger partial charge in [-0.1, -0.05) is 0 Å². The van der Waals surface area contributed by atoms with Crippen molar-refractivity contribution in [3.63, 3.8) is 0 Å². The molecule has 0 aliphatic heterocycles. The van der Waals surface area contributed by atoms with E-state index in [2.05, 4.69) is 4.74 Å². The SMILES string of the molecule is COC(=O)c1cc(Oc2c(C)cc([N+](=O)[O-])cc2C)cs1. The topological polar surface area (TPSA) is 78.7 Å². The van der Waals surface area contributed by atoms with E-state index in [4.69, 9.17) is 4.74 Å². The summed E-state index contributed by atoms with van der Waals surface area (Å²) >= 11 is 1.21. The number of nitro groups is 1. The summed E-state index contributed by atoms with van der Waals surface area (Å²) in [6.45, 7) is 3.48. The maximum Gasteiger partial charge on any atom is 0.348 e. The monoisotopic (exact) mass is 307 g/mol. The van der Waals surface area contributed by atoms with Gasteiger partial charge in [0.2, 0.25) is 0 Å². The highest BCUT2D eigenvalue weighted by Gasteiger charge is 2.15. The molecule has 0 aliphatic carbocycles. The number of esters is 1. The van der Waals surface area contributed by atoms with Gasteiger partial charge in [-0.05, 0) is 25.0 Å². The first kappa shape index (κ1) is 15.0. The number of rotatable bonds is 4. The Labute approximate surface area is 125 Å². The Morgan fingerprint density at radius 1 is 1.24 bits per heavy atom. The van der Waals surface area contributed by atoms with Crippen LogP contribution in [0.2, 0.25) is 0 Å². The first-order valence-electron chi connectivity index (χ1n) is 6.02. The highest BCUT2D eigenvalue weighted by atomic mass is 32.1. The summed E-state index contributed by atoms with van der Waals surface area (Å²) in [4.78, 5) is 22.2. The Hall–Kier alpha value is -2.41. The van der Waals surface area contributed by atoms with Crippen molar-refractivity contribution < 1.29 is 19.2 Å². The van der Waals surface area contributed by atoms with Gasteiger partial charge in [0.15, 0.2) is 0 Å². The molecule has 0 unspecified atom stereocenters. The van der Waals surface area contributed by atoms with Crippen molar-refractivity contribution >= 4 is 23.0 Å². The number of carbonyl (C=O) groups excluding carboxylic acids is 1. The van der Waals surface area contributed by atoms with Crippen LogP contribution < -0.4 is 4.74 Å². The molecule has 0 spiro atoms. The summed E-state index contributed by atoms with van der Waals surface area (Å²) in [7, 11) is 1.31. The minimum atomic E-state index is -0.441. The molecule has 0 fully saturated rings. The van der Waals surface area contributed by atoms with Gasteiger partial charge in [-0.15, -0.1) is 11.3 Å². The van der Waals surface area contributed by atoms with Gasteiger partial charge >= 0.3 is 5.97 Å². The molecule has 0 bridgehead atoms. The van der Waals surface area contributed by atoms with Crippen LogP contribution in [-0.4, -0.2) is 18.0 Å². The van der Waals surface area contributed by atoms with Crippen molar-refractivity contribution in [2.45, 2.75) is 13.8 Å². The second-order valence-electron chi connectivity index (χ2n) is 4.41. The Morgan fingerprint density at radius 2 is 1.86 bits per heavy atom. The smallest absolute Gasteiger partial charge is 0.348 e. The molecule has 2 aromatic rings. The van der Waals surface area contributed by atoms with Crippen molar-refractivity contribution in [3.05, 3.63) is 49.7 Å². The van der Waals surface area contributed by atoms with E-state index in [9.17, 15) is 14.9 Å². The Balaban J connectivity index is 2.29. The number of ether oxygens (including phenoxy) is 2. The third kappa shape index (κ3) is 3.19. The summed E-state index contributed by atoms with van der Waals surface area (Å²) in [6.07, 6.45) is 0. The molecule has 1 heterocycles. The second-order valence-corrected chi connectivity index (χ2v) is 5.32. The van der Waals surface area contributed by atoms with E-state index in [-0.39, 0.29) is 5.69 Å². The van der Waals surface area contributed by atoms with Gasteiger partial charge in [-0.3, -0.25) is 10.1 Å². The Morgan fingerprint density at radius 3 is 2.38 bits per heavy atom. The molecule has 0 N–H and O–H groups in total. The summed E-state index contributed by atoms with van der Waals surface area (Å²) < 4.78 is 10.4. The van der Waals surface area contributed by atoms with Crippen molar-refractivity contribution in [2.24, 2.45) is 0 Å². The van der Waals surface area contributed by atoms with E-state index in [0.29, 0.717) is 27.5 Å². The van der Waals surface area contributed by atoms with E-state index in [1.807, 2.05) is 0 Å². The average Bonchev–Trinajstić information content (AvgIpc) is 2.90. The van der Waals surface area contributed by atoms with Crippen LogP contribution >= 0.6 is 11.3 Å². The van der Waals surface area contributed by atoms with Crippen LogP contribution in [0, 0.1) is 24.0 Å². The largest absolute Gasteiger partial charge is 0.465 e. The van der Waals surface area contributed by atoms with Gasteiger partial charge in [0.1, 0.15) is 16.4 Å². The molecule has 0 aliphatic rings. The number of benzene rings is 1. The zero-order valence-electron chi connectivity index (χ0n) is 11.7. The van der Waals surface area contributed by atoms with Crippen LogP contribution in [0.4, 0.5) is 5.69 Å². The van der Waals surface area contributed by atoms with E-state index < -0.39 is 10.9 Å². The van der Waals surface area contributed by atoms with E-state index in [1.165, 1.54) is 30.6 Å². The standard InChI is InChI=1S/C14H13NO5S/c1-8-4-10(15(17)18)5-9(2)13(8)20-11-6-12(21-7-11)14(16)19-3/h4-7H,1-3H3. The van der Waals surface area contributed by atoms with Crippen molar-refractivity contribution in [1.29, 1.82) is 0 Å². The molecule has 6 nitrogen and oxygen atoms in total. The van der Waals surface area contributed by atoms with Gasteiger partial charge in [0.25, 0.3) is 5.69 Å². The van der Waals surface area contributed by atoms with Crippen LogP contribution in [0.3, 0.4) is 0 Å². The molecule has 2 rings (SSSR count). The quantitative estimate of drug-likeness (QED) is 0.487. The summed E-state index contributed by atoms with van der Waals surface area (Å²) in [5.74, 6) is 0.627. The number of hydrogen-bond donors (Lipinski definition) is 0. The summed E-state index contributed by atoms with van der Waals surface area (Å²) in [5, 5.41) is 12.5. The lowest BCUT2D eigenvalue weighted by molar-refractivity contribution is -0.385. The number of thiophene rings is 1. The number of nitrogens with zero attached hydrogens (tertiary/aromatic N) is 1. The van der Waals surface area contributed by atoms with Crippen molar-refractivity contribution in [1.82, 2.24) is 0 Å². The molecular weight excluding hydrogens is 294 g/mol. The number of aryl methyl sites for hydroxylation is 2. The minimum absolute atomic E-state index is 0.0259. The molecule has 21 heavy (non-hydrogen) atoms. The fraction of sp³-hybridized carbons (Fsp3) is 0.214. The van der Waals surface area contributed by atoms with Crippen molar-refractivity contribution in [2.75, 3.05) is 7.11 Å². The summed E-state index contributed by atoms with van der Waals surface area (Å²) in [6, 6.07) is 4.49. The highest BCUT2D eigenvalue weighted by molar-refractivity contribution is 7.12. The zero-order valence-corrected chi connectivity index (χ0v) is 12.5. The van der Waals surface area contributed by atoms with Crippen LogP contribution in [0.5, 0.6) is 11.5 Å². The Bertz CT molecular complexity index is 684. The predicted molar refractivity (Wildman–Crippen MR) is 78.3 cm³/mol. The lowest BCUT2D eigenvalue weighted by Gasteiger charge is -2.10. The lowest BCUT2D eigenvalue weighted by Crippen LogP contribution is -1.97. The van der Waals surface area contributed by atoms with Crippen LogP contribution in [0.15, 0.2) is 23.6 Å². The number of hydrogen-bond acceptors (Lipinski definition) is 6. The molecular formula is C14H13NO5S. The first-order valence-corrected chi connectivity index (χ1v) is 6.90. The number of methoxy groups -OCH3 is 1. The van der Waals surface area contributed by atoms with Crippen molar-refractivity contribution in [3.8, 4) is 11.5 Å². The maximum atomic E-state index is 11.4. The van der Waals surface area contributed by atoms with Gasteiger partial charge in [0.05, 0.1) is 12.0 Å². The van der Waals surface area contributed by atoms with Crippen LogP contribution in [0.25, 0.3) is 0 Å². The molecule has 0 atom stereocenters. The fourth-order valence-corrected chi connectivity index (χ4v) is 2.61. The predicted octanol–water partition coefficient (Wildman–Crippen LogP) is 3.85. The van der Waals surface area contributed by atoms with Crippen LogP contribution in [-0.2, 0) is 4.74 Å². The lowest BCUT2D eigenvalue weighted by atomic mass is 10.1. The molecule has 1 aromatic carbocycles. The third-order valence-corrected chi connectivity index (χ3v) is 3.73. The zero-order chi connectivity index (χ0) is 15.6. The molecule has 0 saturated carbocycles. The Kier molecular flexibility index (Phi) is 4.23. The fourth-order valence-electron chi connectivity index (χ4n) is 1.89. The molecule has 1 aromatic heterocycles. The van der Waals surface area contributed by atoms with E-state index in [0.717, 1.165) is 0 Å². The van der Waals surface area contributed by atoms with Gasteiger partial charge in [0, 0.05) is 23.6 Å². The van der Waals surface area contributed by atoms with Gasteiger partial charge < -0.3 is 9.47 Å². The number of carbonyl (C=O) groups is 1. The van der Waals surface area contributed by atoms with E-state index in [1.54, 1.807) is 25.3 Å². The number of non-ortho nitro benzene ring substituents is 1. The minimum Gasteiger partial charge on any atom is -0.465 e. The van der Waals surface area contributed by atoms with Gasteiger partial charge in [-0.2, -0.15) is 0 Å². The first-order chi connectivity index (χ1) is 9.92. The second kappa shape index (κ2) is 5.92. The third-order valence-electron chi connectivity index (χ3n) is 2.84. The maximum absolute atomic E-state index is 11.4. The van der Waals surface area contributed by atoms with E-state index >= 15 is 0 Å². The molecule has 0 amide bonds. The normalized spacial score (nSPS) is 10.2. The van der Waals surface area contributed by atoms with Gasteiger partial charge in [-0.25, -0.2) is 4.79 Å². The average molecular weight is 307 g/mol. The number of nitro benzene ring substituents is 1.